The van der Waals surface area contributed by atoms with Crippen molar-refractivity contribution >= 4 is 5.97 Å². The second kappa shape index (κ2) is 7.36. The van der Waals surface area contributed by atoms with Gasteiger partial charge in [-0.2, -0.15) is 0 Å². The molecule has 3 heteroatoms. The number of hydrogen-bond donors (Lipinski definition) is 0. The van der Waals surface area contributed by atoms with Crippen LogP contribution in [-0.4, -0.2) is 5.97 Å². The molecular weight excluding hydrogens is 324 g/mol. The van der Waals surface area contributed by atoms with Gasteiger partial charge in [-0.15, -0.1) is 0 Å². The summed E-state index contributed by atoms with van der Waals surface area (Å²) in [7, 11) is 0. The molecule has 0 bridgehead atoms. The van der Waals surface area contributed by atoms with Crippen LogP contribution in [0.4, 0.5) is 0 Å². The first kappa shape index (κ1) is 16.9. The summed E-state index contributed by atoms with van der Waals surface area (Å²) in [5.41, 5.74) is 1.66. The highest BCUT2D eigenvalue weighted by atomic mass is 16.5. The van der Waals surface area contributed by atoms with Gasteiger partial charge < -0.3 is 9.47 Å². The molecule has 0 N–H and O–H groups in total. The minimum atomic E-state index is -1.07. The van der Waals surface area contributed by atoms with Gasteiger partial charge >= 0.3 is 5.97 Å². The molecule has 1 aliphatic rings. The highest BCUT2D eigenvalue weighted by Crippen LogP contribution is 2.59. The number of allylic oxidation sites excluding steroid dienone is 2. The Morgan fingerprint density at radius 3 is 2.50 bits per heavy atom. The summed E-state index contributed by atoms with van der Waals surface area (Å²) in [5, 5.41) is 0. The van der Waals surface area contributed by atoms with E-state index >= 15 is 0 Å². The second-order valence-electron chi connectivity index (χ2n) is 7.61. The average Bonchev–Trinajstić information content (AvgIpc) is 3.15. The summed E-state index contributed by atoms with van der Waals surface area (Å²) in [4.78, 5) is 12.6. The van der Waals surface area contributed by atoms with Crippen molar-refractivity contribution in [3.63, 3.8) is 0 Å². The summed E-state index contributed by atoms with van der Waals surface area (Å²) in [5.74, 6) is 1.01. The lowest BCUT2D eigenvalue weighted by atomic mass is 10.1. The van der Waals surface area contributed by atoms with Crippen LogP contribution in [0.2, 0.25) is 0 Å². The number of carbonyl (C=O) groups excluding carboxylic acids is 1. The smallest absolute Gasteiger partial charge is 0.310 e. The van der Waals surface area contributed by atoms with Crippen LogP contribution in [0, 0.1) is 17.3 Å². The molecule has 0 spiro atoms. The third kappa shape index (κ3) is 4.16. The number of hydrogen-bond acceptors (Lipinski definition) is 3. The van der Waals surface area contributed by atoms with Crippen molar-refractivity contribution in [2.24, 2.45) is 17.3 Å². The zero-order chi connectivity index (χ0) is 19.6. The maximum absolute atomic E-state index is 12.6. The fourth-order valence-corrected chi connectivity index (χ4v) is 3.27. The Morgan fingerprint density at radius 1 is 1.12 bits per heavy atom. The Labute approximate surface area is 157 Å². The molecule has 0 radical (unpaired) electrons. The van der Waals surface area contributed by atoms with Gasteiger partial charge in [0.2, 0.25) is 0 Å². The van der Waals surface area contributed by atoms with E-state index in [2.05, 4.69) is 19.9 Å². The van der Waals surface area contributed by atoms with E-state index in [1.807, 2.05) is 50.2 Å². The largest absolute Gasteiger partial charge is 0.461 e. The average molecular weight is 351 g/mol. The van der Waals surface area contributed by atoms with Gasteiger partial charge in [-0.05, 0) is 55.0 Å². The van der Waals surface area contributed by atoms with Crippen LogP contribution in [0.25, 0.3) is 0 Å². The molecule has 0 aromatic heterocycles. The van der Waals surface area contributed by atoms with Crippen LogP contribution in [-0.2, 0) is 16.1 Å². The maximum atomic E-state index is 12.6. The minimum Gasteiger partial charge on any atom is -0.461 e. The minimum absolute atomic E-state index is 0.119. The molecule has 3 nitrogen and oxygen atoms in total. The fourth-order valence-electron chi connectivity index (χ4n) is 3.27. The van der Waals surface area contributed by atoms with Gasteiger partial charge in [-0.25, -0.2) is 0 Å². The third-order valence-electron chi connectivity index (χ3n) is 4.83. The van der Waals surface area contributed by atoms with Crippen LogP contribution < -0.4 is 4.74 Å². The van der Waals surface area contributed by atoms with Crippen molar-refractivity contribution in [3.05, 3.63) is 71.8 Å². The van der Waals surface area contributed by atoms with Crippen molar-refractivity contribution in [1.29, 1.82) is 0 Å². The Bertz CT molecular complexity index is 838. The van der Waals surface area contributed by atoms with E-state index < -0.39 is 6.58 Å². The first-order valence-electron chi connectivity index (χ1n) is 9.47. The lowest BCUT2D eigenvalue weighted by molar-refractivity contribution is -0.147. The second-order valence-corrected chi connectivity index (χ2v) is 7.61. The van der Waals surface area contributed by atoms with Crippen LogP contribution in [0.3, 0.4) is 0 Å². The number of carbonyl (C=O) groups is 1. The first-order valence-corrected chi connectivity index (χ1v) is 8.89. The highest BCUT2D eigenvalue weighted by molar-refractivity contribution is 5.78. The quantitative estimate of drug-likeness (QED) is 0.490. The molecule has 0 amide bonds. The summed E-state index contributed by atoms with van der Waals surface area (Å²) in [6.45, 7) is 7.12. The number of rotatable bonds is 6. The van der Waals surface area contributed by atoms with Crippen molar-refractivity contribution < 1.29 is 15.6 Å². The maximum Gasteiger partial charge on any atom is 0.310 e. The molecule has 1 aliphatic carbocycles. The lowest BCUT2D eigenvalue weighted by Gasteiger charge is -2.09. The molecule has 1 saturated carbocycles. The van der Waals surface area contributed by atoms with E-state index in [0.29, 0.717) is 11.3 Å². The molecular formula is C23H26O3. The molecule has 3 rings (SSSR count). The van der Waals surface area contributed by atoms with E-state index in [4.69, 9.17) is 10.8 Å². The normalized spacial score (nSPS) is 21.9. The number of esters is 1. The SMILES string of the molecule is [2H]C(OC(=O)[C@@H]1[C@H](C=C(C)C)C1(C)C)c1cccc(Oc2ccccc2)c1. The van der Waals surface area contributed by atoms with Crippen molar-refractivity contribution in [1.82, 2.24) is 0 Å². The lowest BCUT2D eigenvalue weighted by Crippen LogP contribution is -2.10. The molecule has 0 heterocycles. The van der Waals surface area contributed by atoms with E-state index in [0.717, 1.165) is 5.75 Å². The molecule has 2 aromatic carbocycles. The van der Waals surface area contributed by atoms with Crippen LogP contribution >= 0.6 is 0 Å². The Kier molecular flexibility index (Phi) is 4.79. The summed E-state index contributed by atoms with van der Waals surface area (Å²) >= 11 is 0. The zero-order valence-electron chi connectivity index (χ0n) is 16.7. The predicted octanol–water partition coefficient (Wildman–Crippen LogP) is 5.76. The molecule has 26 heavy (non-hydrogen) atoms. The summed E-state index contributed by atoms with van der Waals surface area (Å²) < 4.78 is 19.5. The molecule has 0 saturated heterocycles. The van der Waals surface area contributed by atoms with Gasteiger partial charge in [0.1, 0.15) is 18.1 Å². The Hall–Kier alpha value is -2.55. The van der Waals surface area contributed by atoms with Gasteiger partial charge in [-0.3, -0.25) is 4.79 Å². The van der Waals surface area contributed by atoms with Crippen LogP contribution in [0.5, 0.6) is 11.5 Å². The third-order valence-corrected chi connectivity index (χ3v) is 4.83. The number of para-hydroxylation sites is 1. The predicted molar refractivity (Wildman–Crippen MR) is 103 cm³/mol. The molecule has 0 aliphatic heterocycles. The van der Waals surface area contributed by atoms with Gasteiger partial charge in [0.15, 0.2) is 0 Å². The Morgan fingerprint density at radius 2 is 1.81 bits per heavy atom. The molecule has 2 aromatic rings. The van der Waals surface area contributed by atoms with E-state index in [1.54, 1.807) is 18.2 Å². The number of ether oxygens (including phenoxy) is 2. The van der Waals surface area contributed by atoms with Crippen LogP contribution in [0.15, 0.2) is 66.2 Å². The van der Waals surface area contributed by atoms with Gasteiger partial charge in [0.05, 0.1) is 7.29 Å². The molecule has 1 unspecified atom stereocenters. The van der Waals surface area contributed by atoms with E-state index in [-0.39, 0.29) is 23.2 Å². The number of benzene rings is 2. The zero-order valence-corrected chi connectivity index (χ0v) is 15.7. The van der Waals surface area contributed by atoms with Crippen molar-refractivity contribution in [2.45, 2.75) is 34.3 Å². The molecule has 136 valence electrons. The molecule has 3 atom stereocenters. The highest BCUT2D eigenvalue weighted by Gasteiger charge is 2.61. The molecule has 1 fully saturated rings. The van der Waals surface area contributed by atoms with Gasteiger partial charge in [0.25, 0.3) is 0 Å². The monoisotopic (exact) mass is 351 g/mol. The summed E-state index contributed by atoms with van der Waals surface area (Å²) in [6.07, 6.45) is 2.12. The van der Waals surface area contributed by atoms with E-state index in [9.17, 15) is 4.79 Å². The summed E-state index contributed by atoms with van der Waals surface area (Å²) in [6, 6.07) is 16.6. The van der Waals surface area contributed by atoms with Gasteiger partial charge in [0, 0.05) is 0 Å². The Balaban J connectivity index is 1.66. The van der Waals surface area contributed by atoms with Crippen LogP contribution in [0.1, 0.15) is 34.6 Å². The van der Waals surface area contributed by atoms with Gasteiger partial charge in [-0.1, -0.05) is 55.8 Å². The van der Waals surface area contributed by atoms with E-state index in [1.165, 1.54) is 5.57 Å². The fraction of sp³-hybridized carbons (Fsp3) is 0.348. The first-order chi connectivity index (χ1) is 12.8. The topological polar surface area (TPSA) is 35.5 Å². The standard InChI is InChI=1S/C23H26O3/c1-16(2)13-20-21(23(20,3)4)22(24)25-15-17-9-8-12-19(14-17)26-18-10-6-5-7-11-18/h5-14,20-21H,15H2,1-4H3/t20-,21-/m0/s1/i15D/t15?,20-,21-. The van der Waals surface area contributed by atoms with Crippen molar-refractivity contribution in [3.8, 4) is 11.5 Å². The van der Waals surface area contributed by atoms with Crippen molar-refractivity contribution in [2.75, 3.05) is 0 Å².